The summed E-state index contributed by atoms with van der Waals surface area (Å²) in [5.74, 6) is 0.00409. The molecule has 1 saturated heterocycles. The lowest BCUT2D eigenvalue weighted by Gasteiger charge is -2.36. The highest BCUT2D eigenvalue weighted by Gasteiger charge is 2.31. The van der Waals surface area contributed by atoms with E-state index >= 15 is 0 Å². The fourth-order valence-electron chi connectivity index (χ4n) is 5.14. The van der Waals surface area contributed by atoms with Gasteiger partial charge in [0.05, 0.1) is 10.9 Å². The highest BCUT2D eigenvalue weighted by molar-refractivity contribution is 6.05. The lowest BCUT2D eigenvalue weighted by Crippen LogP contribution is -2.54. The monoisotopic (exact) mass is 468 g/mol. The molecule has 3 aliphatic rings. The first-order valence-corrected chi connectivity index (χ1v) is 12.5. The summed E-state index contributed by atoms with van der Waals surface area (Å²) < 4.78 is 1.41. The molecule has 10 nitrogen and oxygen atoms in total. The van der Waals surface area contributed by atoms with E-state index in [1.165, 1.54) is 11.0 Å². The summed E-state index contributed by atoms with van der Waals surface area (Å²) >= 11 is 0. The van der Waals surface area contributed by atoms with Gasteiger partial charge in [-0.15, -0.1) is 0 Å². The smallest absolute Gasteiger partial charge is 0.329 e. The lowest BCUT2D eigenvalue weighted by atomic mass is 9.96. The summed E-state index contributed by atoms with van der Waals surface area (Å²) in [7, 11) is 0. The number of pyridine rings is 1. The SMILES string of the molecule is CCn1c(=O)[nH]c(=O)c2c(C(=O)N3CCN(C(=O)NC4CCCCC4)CC3)cc(C3CC3)nc21. The maximum atomic E-state index is 13.6. The first kappa shape index (κ1) is 22.6. The number of amides is 3. The molecule has 1 aliphatic heterocycles. The minimum Gasteiger partial charge on any atom is -0.335 e. The average Bonchev–Trinajstić information content (AvgIpc) is 3.69. The summed E-state index contributed by atoms with van der Waals surface area (Å²) in [5.41, 5.74) is 0.211. The van der Waals surface area contributed by atoms with Gasteiger partial charge in [0, 0.05) is 50.4 Å². The van der Waals surface area contributed by atoms with Gasteiger partial charge < -0.3 is 15.1 Å². The Bertz CT molecular complexity index is 1220. The number of aromatic amines is 1. The van der Waals surface area contributed by atoms with Crippen LogP contribution in [0.4, 0.5) is 4.79 Å². The first-order chi connectivity index (χ1) is 16.5. The molecule has 3 amide bonds. The molecule has 34 heavy (non-hydrogen) atoms. The number of rotatable bonds is 4. The molecule has 0 unspecified atom stereocenters. The van der Waals surface area contributed by atoms with Crippen molar-refractivity contribution >= 4 is 23.0 Å². The van der Waals surface area contributed by atoms with Crippen molar-refractivity contribution < 1.29 is 9.59 Å². The number of urea groups is 1. The van der Waals surface area contributed by atoms with Crippen molar-refractivity contribution in [3.63, 3.8) is 0 Å². The minimum atomic E-state index is -0.589. The number of nitrogens with one attached hydrogen (secondary N) is 2. The van der Waals surface area contributed by atoms with Gasteiger partial charge >= 0.3 is 11.7 Å². The van der Waals surface area contributed by atoms with Gasteiger partial charge in [-0.3, -0.25) is 19.1 Å². The first-order valence-electron chi connectivity index (χ1n) is 12.5. The van der Waals surface area contributed by atoms with Crippen LogP contribution in [0.2, 0.25) is 0 Å². The molecule has 2 aromatic rings. The second-order valence-corrected chi connectivity index (χ2v) is 9.63. The second kappa shape index (κ2) is 9.23. The Balaban J connectivity index is 1.37. The Kier molecular flexibility index (Phi) is 6.14. The van der Waals surface area contributed by atoms with Crippen LogP contribution in [-0.2, 0) is 6.54 Å². The quantitative estimate of drug-likeness (QED) is 0.709. The van der Waals surface area contributed by atoms with Crippen LogP contribution >= 0.6 is 0 Å². The third-order valence-electron chi connectivity index (χ3n) is 7.30. The van der Waals surface area contributed by atoms with Gasteiger partial charge in [-0.05, 0) is 38.7 Å². The van der Waals surface area contributed by atoms with Crippen molar-refractivity contribution in [2.24, 2.45) is 0 Å². The second-order valence-electron chi connectivity index (χ2n) is 9.63. The molecular weight excluding hydrogens is 436 g/mol. The highest BCUT2D eigenvalue weighted by atomic mass is 16.2. The number of piperazine rings is 1. The van der Waals surface area contributed by atoms with E-state index in [9.17, 15) is 19.2 Å². The van der Waals surface area contributed by atoms with Crippen LogP contribution in [0.3, 0.4) is 0 Å². The summed E-state index contributed by atoms with van der Waals surface area (Å²) in [6.07, 6.45) is 7.57. The average molecular weight is 469 g/mol. The predicted molar refractivity (Wildman–Crippen MR) is 127 cm³/mol. The van der Waals surface area contributed by atoms with Gasteiger partial charge in [-0.25, -0.2) is 14.6 Å². The largest absolute Gasteiger partial charge is 0.335 e. The van der Waals surface area contributed by atoms with Gasteiger partial charge in [0.15, 0.2) is 5.65 Å². The fourth-order valence-corrected chi connectivity index (χ4v) is 5.14. The molecule has 5 rings (SSSR count). The molecule has 3 fully saturated rings. The Morgan fingerprint density at radius 1 is 1.03 bits per heavy atom. The number of H-pyrrole nitrogens is 1. The minimum absolute atomic E-state index is 0.0622. The van der Waals surface area contributed by atoms with E-state index in [0.29, 0.717) is 32.7 Å². The molecule has 0 atom stereocenters. The summed E-state index contributed by atoms with van der Waals surface area (Å²) in [6, 6.07) is 1.91. The van der Waals surface area contributed by atoms with Crippen molar-refractivity contribution in [2.45, 2.75) is 70.4 Å². The van der Waals surface area contributed by atoms with Gasteiger partial charge in [0.2, 0.25) is 0 Å². The third-order valence-corrected chi connectivity index (χ3v) is 7.30. The molecule has 0 radical (unpaired) electrons. The van der Waals surface area contributed by atoms with E-state index in [0.717, 1.165) is 44.2 Å². The maximum Gasteiger partial charge on any atom is 0.329 e. The van der Waals surface area contributed by atoms with Crippen molar-refractivity contribution in [1.29, 1.82) is 0 Å². The number of carbonyl (C=O) groups excluding carboxylic acids is 2. The van der Waals surface area contributed by atoms with Gasteiger partial charge in [0.1, 0.15) is 0 Å². The molecule has 2 aromatic heterocycles. The molecule has 0 bridgehead atoms. The molecule has 0 aromatic carbocycles. The van der Waals surface area contributed by atoms with Crippen LogP contribution in [0.15, 0.2) is 15.7 Å². The molecule has 2 N–H and O–H groups in total. The normalized spacial score (nSPS) is 19.4. The number of hydrogen-bond acceptors (Lipinski definition) is 5. The van der Waals surface area contributed by atoms with Crippen LogP contribution in [0.5, 0.6) is 0 Å². The van der Waals surface area contributed by atoms with Crippen molar-refractivity contribution in [3.8, 4) is 0 Å². The van der Waals surface area contributed by atoms with E-state index < -0.39 is 11.2 Å². The third kappa shape index (κ3) is 4.33. The standard InChI is InChI=1S/C24H32N6O4/c1-2-30-20-19(21(31)27-24(30)34)17(14-18(26-20)15-8-9-15)22(32)28-10-12-29(13-11-28)23(33)25-16-6-4-3-5-7-16/h14-16H,2-13H2,1H3,(H,25,33)(H,27,31,34). The topological polar surface area (TPSA) is 120 Å². The number of aromatic nitrogens is 3. The van der Waals surface area contributed by atoms with Crippen LogP contribution in [0.1, 0.15) is 73.8 Å². The molecule has 2 aliphatic carbocycles. The number of hydrogen-bond donors (Lipinski definition) is 2. The number of fused-ring (bicyclic) bond motifs is 1. The van der Waals surface area contributed by atoms with Crippen molar-refractivity contribution in [1.82, 2.24) is 29.7 Å². The Hall–Kier alpha value is -3.17. The lowest BCUT2D eigenvalue weighted by molar-refractivity contribution is 0.0664. The number of nitrogens with zero attached hydrogens (tertiary/aromatic N) is 4. The van der Waals surface area contributed by atoms with Crippen molar-refractivity contribution in [2.75, 3.05) is 26.2 Å². The van der Waals surface area contributed by atoms with Gasteiger partial charge in [-0.1, -0.05) is 19.3 Å². The Morgan fingerprint density at radius 3 is 2.35 bits per heavy atom. The zero-order valence-corrected chi connectivity index (χ0v) is 19.6. The van der Waals surface area contributed by atoms with E-state index in [1.807, 2.05) is 6.92 Å². The zero-order chi connectivity index (χ0) is 23.8. The van der Waals surface area contributed by atoms with E-state index in [4.69, 9.17) is 0 Å². The van der Waals surface area contributed by atoms with Crippen LogP contribution in [-0.4, -0.2) is 68.5 Å². The van der Waals surface area contributed by atoms with Crippen LogP contribution in [0.25, 0.3) is 11.0 Å². The summed E-state index contributed by atoms with van der Waals surface area (Å²) in [6.45, 7) is 3.83. The van der Waals surface area contributed by atoms with Gasteiger partial charge in [0.25, 0.3) is 11.5 Å². The fraction of sp³-hybridized carbons (Fsp3) is 0.625. The maximum absolute atomic E-state index is 13.6. The molecular formula is C24H32N6O4. The predicted octanol–water partition coefficient (Wildman–Crippen LogP) is 1.78. The van der Waals surface area contributed by atoms with Gasteiger partial charge in [-0.2, -0.15) is 0 Å². The van der Waals surface area contributed by atoms with Crippen LogP contribution < -0.4 is 16.6 Å². The molecule has 3 heterocycles. The van der Waals surface area contributed by atoms with E-state index in [1.54, 1.807) is 15.9 Å². The number of carbonyl (C=O) groups is 2. The summed E-state index contributed by atoms with van der Waals surface area (Å²) in [4.78, 5) is 61.8. The molecule has 10 heteroatoms. The number of aryl methyl sites for hydroxylation is 1. The van der Waals surface area contributed by atoms with Crippen LogP contribution in [0, 0.1) is 0 Å². The zero-order valence-electron chi connectivity index (χ0n) is 19.6. The molecule has 2 saturated carbocycles. The Labute approximate surface area is 197 Å². The van der Waals surface area contributed by atoms with E-state index in [2.05, 4.69) is 15.3 Å². The molecule has 0 spiro atoms. The van der Waals surface area contributed by atoms with Crippen molar-refractivity contribution in [3.05, 3.63) is 38.2 Å². The molecule has 182 valence electrons. The summed E-state index contributed by atoms with van der Waals surface area (Å²) in [5, 5.41) is 3.30. The van der Waals surface area contributed by atoms with E-state index in [-0.39, 0.29) is 40.5 Å². The Morgan fingerprint density at radius 2 is 1.71 bits per heavy atom. The highest BCUT2D eigenvalue weighted by Crippen LogP contribution is 2.40.